The Morgan fingerprint density at radius 3 is 2.64 bits per heavy atom. The van der Waals surface area contributed by atoms with Gasteiger partial charge in [-0.25, -0.2) is 0 Å². The number of aromatic nitrogens is 2. The van der Waals surface area contributed by atoms with Crippen LogP contribution in [0.4, 0.5) is 0 Å². The molecule has 0 saturated carbocycles. The number of halogens is 1. The van der Waals surface area contributed by atoms with Crippen LogP contribution in [0.1, 0.15) is 37.3 Å². The van der Waals surface area contributed by atoms with Crippen LogP contribution >= 0.6 is 15.9 Å². The zero-order valence-corrected chi connectivity index (χ0v) is 17.1. The molecule has 1 aromatic heterocycles. The molecule has 7 heteroatoms. The molecular weight excluding hydrogens is 422 g/mol. The molecule has 0 radical (unpaired) electrons. The highest BCUT2D eigenvalue weighted by Crippen LogP contribution is 2.34. The average Bonchev–Trinajstić information content (AvgIpc) is 3.32. The van der Waals surface area contributed by atoms with Gasteiger partial charge in [0.1, 0.15) is 11.8 Å². The molecule has 1 fully saturated rings. The number of benzene rings is 2. The molecule has 1 unspecified atom stereocenters. The largest absolute Gasteiger partial charge is 0.494 e. The number of rotatable bonds is 6. The van der Waals surface area contributed by atoms with E-state index in [4.69, 9.17) is 9.26 Å². The standard InChI is InChI=1S/C21H20BrN3O3/c1-2-27-17-9-5-15(6-10-17)20-23-21(28-24-20)18-11-12-19(26)25(18)13-14-3-7-16(22)8-4-14/h3-10,18H,2,11-13H2,1H3. The van der Waals surface area contributed by atoms with Gasteiger partial charge in [0.2, 0.25) is 17.6 Å². The van der Waals surface area contributed by atoms with Gasteiger partial charge in [0.05, 0.1) is 6.61 Å². The summed E-state index contributed by atoms with van der Waals surface area (Å²) >= 11 is 3.43. The summed E-state index contributed by atoms with van der Waals surface area (Å²) in [6, 6.07) is 15.3. The molecule has 28 heavy (non-hydrogen) atoms. The fraction of sp³-hybridized carbons (Fsp3) is 0.286. The third kappa shape index (κ3) is 3.94. The minimum Gasteiger partial charge on any atom is -0.494 e. The number of amides is 1. The van der Waals surface area contributed by atoms with Crippen molar-refractivity contribution in [3.8, 4) is 17.1 Å². The molecule has 3 aromatic rings. The zero-order chi connectivity index (χ0) is 19.5. The van der Waals surface area contributed by atoms with Gasteiger partial charge in [-0.2, -0.15) is 4.98 Å². The van der Waals surface area contributed by atoms with Crippen molar-refractivity contribution < 1.29 is 14.1 Å². The molecule has 2 heterocycles. The van der Waals surface area contributed by atoms with Crippen LogP contribution in [0.25, 0.3) is 11.4 Å². The number of hydrogen-bond donors (Lipinski definition) is 0. The van der Waals surface area contributed by atoms with E-state index in [0.29, 0.717) is 37.7 Å². The molecule has 1 aliphatic rings. The highest BCUT2D eigenvalue weighted by atomic mass is 79.9. The van der Waals surface area contributed by atoms with E-state index in [1.807, 2.05) is 60.4 Å². The van der Waals surface area contributed by atoms with E-state index in [1.165, 1.54) is 0 Å². The van der Waals surface area contributed by atoms with Crippen LogP contribution in [0.5, 0.6) is 5.75 Å². The van der Waals surface area contributed by atoms with E-state index in [-0.39, 0.29) is 11.9 Å². The van der Waals surface area contributed by atoms with Gasteiger partial charge in [0, 0.05) is 23.0 Å². The molecule has 4 rings (SSSR count). The van der Waals surface area contributed by atoms with Crippen molar-refractivity contribution in [3.05, 3.63) is 64.5 Å². The first-order valence-electron chi connectivity index (χ1n) is 9.25. The molecule has 1 atom stereocenters. The second kappa shape index (κ2) is 8.14. The normalized spacial score (nSPS) is 16.6. The zero-order valence-electron chi connectivity index (χ0n) is 15.5. The summed E-state index contributed by atoms with van der Waals surface area (Å²) in [5.41, 5.74) is 1.91. The number of carbonyl (C=O) groups is 1. The Hall–Kier alpha value is -2.67. The Balaban J connectivity index is 1.53. The number of likely N-dealkylation sites (tertiary alicyclic amines) is 1. The summed E-state index contributed by atoms with van der Waals surface area (Å²) in [6.07, 6.45) is 1.17. The Morgan fingerprint density at radius 2 is 1.93 bits per heavy atom. The van der Waals surface area contributed by atoms with Gasteiger partial charge in [-0.3, -0.25) is 4.79 Å². The van der Waals surface area contributed by atoms with Crippen molar-refractivity contribution in [3.63, 3.8) is 0 Å². The Kier molecular flexibility index (Phi) is 5.43. The third-order valence-electron chi connectivity index (χ3n) is 4.74. The van der Waals surface area contributed by atoms with E-state index in [9.17, 15) is 4.79 Å². The molecule has 0 aliphatic carbocycles. The first kappa shape index (κ1) is 18.7. The fourth-order valence-corrected chi connectivity index (χ4v) is 3.59. The summed E-state index contributed by atoms with van der Waals surface area (Å²) in [7, 11) is 0. The van der Waals surface area contributed by atoms with Crippen LogP contribution < -0.4 is 4.74 Å². The molecule has 1 saturated heterocycles. The molecule has 0 bridgehead atoms. The van der Waals surface area contributed by atoms with E-state index >= 15 is 0 Å². The Bertz CT molecular complexity index is 954. The Morgan fingerprint density at radius 1 is 1.18 bits per heavy atom. The van der Waals surface area contributed by atoms with E-state index in [0.717, 1.165) is 21.3 Å². The van der Waals surface area contributed by atoms with Crippen LogP contribution in [0.2, 0.25) is 0 Å². The molecular formula is C21H20BrN3O3. The second-order valence-electron chi connectivity index (χ2n) is 6.62. The van der Waals surface area contributed by atoms with Gasteiger partial charge in [-0.05, 0) is 55.3 Å². The quantitative estimate of drug-likeness (QED) is 0.551. The molecule has 144 valence electrons. The lowest BCUT2D eigenvalue weighted by molar-refractivity contribution is -0.129. The monoisotopic (exact) mass is 441 g/mol. The van der Waals surface area contributed by atoms with Crippen molar-refractivity contribution in [1.29, 1.82) is 0 Å². The van der Waals surface area contributed by atoms with Crippen LogP contribution in [0.3, 0.4) is 0 Å². The SMILES string of the molecule is CCOc1ccc(-c2noc(C3CCC(=O)N3Cc3ccc(Br)cc3)n2)cc1. The lowest BCUT2D eigenvalue weighted by Gasteiger charge is -2.22. The number of hydrogen-bond acceptors (Lipinski definition) is 5. The summed E-state index contributed by atoms with van der Waals surface area (Å²) in [6.45, 7) is 3.09. The van der Waals surface area contributed by atoms with Gasteiger partial charge in [-0.1, -0.05) is 33.2 Å². The smallest absolute Gasteiger partial charge is 0.249 e. The molecule has 6 nitrogen and oxygen atoms in total. The molecule has 2 aromatic carbocycles. The van der Waals surface area contributed by atoms with Gasteiger partial charge in [0.15, 0.2) is 0 Å². The highest BCUT2D eigenvalue weighted by Gasteiger charge is 2.36. The van der Waals surface area contributed by atoms with Gasteiger partial charge in [0.25, 0.3) is 0 Å². The van der Waals surface area contributed by atoms with Crippen LogP contribution in [-0.2, 0) is 11.3 Å². The topological polar surface area (TPSA) is 68.5 Å². The maximum atomic E-state index is 12.4. The van der Waals surface area contributed by atoms with Gasteiger partial charge >= 0.3 is 0 Å². The summed E-state index contributed by atoms with van der Waals surface area (Å²) in [5.74, 6) is 1.90. The summed E-state index contributed by atoms with van der Waals surface area (Å²) in [4.78, 5) is 18.8. The van der Waals surface area contributed by atoms with Crippen molar-refractivity contribution >= 4 is 21.8 Å². The number of nitrogens with zero attached hydrogens (tertiary/aromatic N) is 3. The second-order valence-corrected chi connectivity index (χ2v) is 7.53. The van der Waals surface area contributed by atoms with E-state index < -0.39 is 0 Å². The van der Waals surface area contributed by atoms with Crippen molar-refractivity contribution in [1.82, 2.24) is 15.0 Å². The fourth-order valence-electron chi connectivity index (χ4n) is 3.33. The van der Waals surface area contributed by atoms with Crippen LogP contribution in [-0.4, -0.2) is 27.6 Å². The van der Waals surface area contributed by atoms with Crippen molar-refractivity contribution in [2.45, 2.75) is 32.4 Å². The predicted octanol–water partition coefficient (Wildman–Crippen LogP) is 4.76. The number of carbonyl (C=O) groups excluding carboxylic acids is 1. The molecule has 1 aliphatic heterocycles. The van der Waals surface area contributed by atoms with E-state index in [2.05, 4.69) is 26.1 Å². The minimum atomic E-state index is -0.194. The lowest BCUT2D eigenvalue weighted by Crippen LogP contribution is -2.27. The predicted molar refractivity (Wildman–Crippen MR) is 108 cm³/mol. The first-order chi connectivity index (χ1) is 13.6. The molecule has 0 spiro atoms. The maximum Gasteiger partial charge on any atom is 0.249 e. The maximum absolute atomic E-state index is 12.4. The lowest BCUT2D eigenvalue weighted by atomic mass is 10.1. The Labute approximate surface area is 171 Å². The van der Waals surface area contributed by atoms with Crippen molar-refractivity contribution in [2.75, 3.05) is 6.61 Å². The van der Waals surface area contributed by atoms with Crippen LogP contribution in [0, 0.1) is 0 Å². The average molecular weight is 442 g/mol. The highest BCUT2D eigenvalue weighted by molar-refractivity contribution is 9.10. The molecule has 0 N–H and O–H groups in total. The van der Waals surface area contributed by atoms with E-state index in [1.54, 1.807) is 0 Å². The van der Waals surface area contributed by atoms with Crippen LogP contribution in [0.15, 0.2) is 57.5 Å². The van der Waals surface area contributed by atoms with Gasteiger partial charge in [-0.15, -0.1) is 0 Å². The summed E-state index contributed by atoms with van der Waals surface area (Å²) < 4.78 is 12.0. The van der Waals surface area contributed by atoms with Crippen molar-refractivity contribution in [2.24, 2.45) is 0 Å². The van der Waals surface area contributed by atoms with Gasteiger partial charge < -0.3 is 14.2 Å². The number of ether oxygens (including phenoxy) is 1. The summed E-state index contributed by atoms with van der Waals surface area (Å²) in [5, 5.41) is 4.11. The first-order valence-corrected chi connectivity index (χ1v) is 10.0. The molecule has 1 amide bonds. The third-order valence-corrected chi connectivity index (χ3v) is 5.27. The minimum absolute atomic E-state index is 0.105.